The molecule has 2 aliphatic rings. The Hall–Kier alpha value is -1.45. The van der Waals surface area contributed by atoms with Crippen molar-refractivity contribution in [1.29, 1.82) is 5.41 Å². The van der Waals surface area contributed by atoms with Gasteiger partial charge in [-0.15, -0.1) is 0 Å². The first-order valence-electron chi connectivity index (χ1n) is 3.01. The van der Waals surface area contributed by atoms with Crippen molar-refractivity contribution < 1.29 is 0 Å². The van der Waals surface area contributed by atoms with Crippen LogP contribution in [0.15, 0.2) is 22.2 Å². The van der Waals surface area contributed by atoms with Gasteiger partial charge in [0.15, 0.2) is 5.84 Å². The van der Waals surface area contributed by atoms with Gasteiger partial charge in [0.25, 0.3) is 0 Å². The summed E-state index contributed by atoms with van der Waals surface area (Å²) in [4.78, 5) is 3.98. The maximum Gasteiger partial charge on any atom is 0.163 e. The molecular weight excluding hydrogens is 128 g/mol. The molecule has 0 amide bonds. The van der Waals surface area contributed by atoms with E-state index in [-0.39, 0.29) is 5.92 Å². The summed E-state index contributed by atoms with van der Waals surface area (Å²) in [7, 11) is 0. The van der Waals surface area contributed by atoms with Crippen molar-refractivity contribution >= 4 is 17.9 Å². The van der Waals surface area contributed by atoms with Crippen LogP contribution in [0.3, 0.4) is 0 Å². The highest BCUT2D eigenvalue weighted by molar-refractivity contribution is 6.14. The smallest absolute Gasteiger partial charge is 0.163 e. The number of hydrazone groups is 1. The zero-order chi connectivity index (χ0) is 6.97. The maximum atomic E-state index is 7.32. The van der Waals surface area contributed by atoms with Crippen molar-refractivity contribution in [3.8, 4) is 0 Å². The fourth-order valence-corrected chi connectivity index (χ4v) is 0.957. The van der Waals surface area contributed by atoms with Gasteiger partial charge in [-0.25, -0.2) is 4.99 Å². The minimum atomic E-state index is -0.0231. The van der Waals surface area contributed by atoms with Crippen LogP contribution in [-0.2, 0) is 0 Å². The number of aliphatic imine (C=N–C) groups is 1. The molecule has 0 fully saturated rings. The lowest BCUT2D eigenvalue weighted by Crippen LogP contribution is -2.20. The monoisotopic (exact) mass is 134 g/mol. The van der Waals surface area contributed by atoms with Crippen LogP contribution in [-0.4, -0.2) is 17.9 Å². The Morgan fingerprint density at radius 2 is 2.50 bits per heavy atom. The topological polar surface area (TPSA) is 60.6 Å². The standard InChI is InChI=1S/C6H6N4/c7-5-4-2-1-3-8-6(4)10-9-5/h1-4H,(H2,7,9). The second-order valence-electron chi connectivity index (χ2n) is 2.14. The van der Waals surface area contributed by atoms with Crippen LogP contribution in [0, 0.1) is 11.3 Å². The first-order chi connectivity index (χ1) is 4.88. The lowest BCUT2D eigenvalue weighted by molar-refractivity contribution is 1.02. The molecule has 2 rings (SSSR count). The quantitative estimate of drug-likeness (QED) is 0.486. The molecule has 0 aliphatic carbocycles. The molecule has 0 bridgehead atoms. The lowest BCUT2D eigenvalue weighted by Gasteiger charge is -2.04. The van der Waals surface area contributed by atoms with Crippen molar-refractivity contribution in [2.24, 2.45) is 16.0 Å². The molecule has 0 aromatic heterocycles. The normalized spacial score (nSPS) is 27.8. The lowest BCUT2D eigenvalue weighted by atomic mass is 10.1. The third kappa shape index (κ3) is 0.586. The SMILES string of the molecule is N=C1NN=C2N=CC=CC12. The summed E-state index contributed by atoms with van der Waals surface area (Å²) in [5.74, 6) is 1.07. The summed E-state index contributed by atoms with van der Waals surface area (Å²) < 4.78 is 0. The van der Waals surface area contributed by atoms with Crippen molar-refractivity contribution in [3.05, 3.63) is 12.2 Å². The molecule has 0 saturated carbocycles. The average Bonchev–Trinajstić information content (AvgIpc) is 2.34. The number of nitrogens with one attached hydrogen (secondary N) is 2. The van der Waals surface area contributed by atoms with Gasteiger partial charge in [0.2, 0.25) is 0 Å². The van der Waals surface area contributed by atoms with Crippen LogP contribution in [0.2, 0.25) is 0 Å². The van der Waals surface area contributed by atoms with Crippen LogP contribution >= 0.6 is 0 Å². The first-order valence-corrected chi connectivity index (χ1v) is 3.01. The number of allylic oxidation sites excluding steroid dienone is 1. The highest BCUT2D eigenvalue weighted by Crippen LogP contribution is 2.11. The van der Waals surface area contributed by atoms with Gasteiger partial charge in [0.1, 0.15) is 5.84 Å². The van der Waals surface area contributed by atoms with E-state index in [1.807, 2.05) is 12.2 Å². The molecule has 4 heteroatoms. The summed E-state index contributed by atoms with van der Waals surface area (Å²) in [6, 6.07) is 0. The van der Waals surface area contributed by atoms with Gasteiger partial charge >= 0.3 is 0 Å². The van der Waals surface area contributed by atoms with Crippen molar-refractivity contribution in [2.75, 3.05) is 0 Å². The highest BCUT2D eigenvalue weighted by atomic mass is 15.4. The summed E-state index contributed by atoms with van der Waals surface area (Å²) >= 11 is 0. The summed E-state index contributed by atoms with van der Waals surface area (Å²) in [6.45, 7) is 0. The fraction of sp³-hybridized carbons (Fsp3) is 0.167. The Morgan fingerprint density at radius 1 is 1.60 bits per heavy atom. The number of nitrogens with zero attached hydrogens (tertiary/aromatic N) is 2. The highest BCUT2D eigenvalue weighted by Gasteiger charge is 2.24. The predicted molar refractivity (Wildman–Crippen MR) is 39.4 cm³/mol. The number of dihydropyridines is 1. The molecule has 0 spiro atoms. The third-order valence-corrected chi connectivity index (χ3v) is 1.48. The van der Waals surface area contributed by atoms with Crippen molar-refractivity contribution in [1.82, 2.24) is 5.43 Å². The second-order valence-corrected chi connectivity index (χ2v) is 2.14. The first kappa shape index (κ1) is 5.34. The van der Waals surface area contributed by atoms with Gasteiger partial charge in [0, 0.05) is 6.21 Å². The molecule has 0 saturated heterocycles. The van der Waals surface area contributed by atoms with E-state index in [0.29, 0.717) is 11.7 Å². The zero-order valence-corrected chi connectivity index (χ0v) is 5.20. The molecule has 1 atom stereocenters. The molecule has 0 aromatic rings. The van der Waals surface area contributed by atoms with Crippen LogP contribution < -0.4 is 5.43 Å². The summed E-state index contributed by atoms with van der Waals surface area (Å²) in [5.41, 5.74) is 2.57. The van der Waals surface area contributed by atoms with E-state index >= 15 is 0 Å². The Bertz CT molecular complexity index is 261. The van der Waals surface area contributed by atoms with Crippen molar-refractivity contribution in [2.45, 2.75) is 0 Å². The number of hydrogen-bond acceptors (Lipinski definition) is 3. The fourth-order valence-electron chi connectivity index (χ4n) is 0.957. The molecular formula is C6H6N4. The molecule has 50 valence electrons. The maximum absolute atomic E-state index is 7.32. The second kappa shape index (κ2) is 1.76. The molecule has 4 nitrogen and oxygen atoms in total. The molecule has 2 heterocycles. The van der Waals surface area contributed by atoms with E-state index in [2.05, 4.69) is 15.5 Å². The van der Waals surface area contributed by atoms with E-state index in [0.717, 1.165) is 0 Å². The van der Waals surface area contributed by atoms with E-state index < -0.39 is 0 Å². The van der Waals surface area contributed by atoms with Crippen LogP contribution in [0.25, 0.3) is 0 Å². The van der Waals surface area contributed by atoms with E-state index in [1.54, 1.807) is 6.21 Å². The minimum Gasteiger partial charge on any atom is -0.286 e. The van der Waals surface area contributed by atoms with Gasteiger partial charge < -0.3 is 0 Å². The average molecular weight is 134 g/mol. The number of hydrogen-bond donors (Lipinski definition) is 2. The molecule has 10 heavy (non-hydrogen) atoms. The van der Waals surface area contributed by atoms with Gasteiger partial charge in [0.05, 0.1) is 5.92 Å². The van der Waals surface area contributed by atoms with Crippen LogP contribution in [0.1, 0.15) is 0 Å². The Balaban J connectivity index is 2.39. The number of rotatable bonds is 0. The number of amidine groups is 2. The molecule has 1 unspecified atom stereocenters. The van der Waals surface area contributed by atoms with E-state index in [1.165, 1.54) is 0 Å². The largest absolute Gasteiger partial charge is 0.286 e. The summed E-state index contributed by atoms with van der Waals surface area (Å²) in [5, 5.41) is 11.2. The van der Waals surface area contributed by atoms with E-state index in [9.17, 15) is 0 Å². The minimum absolute atomic E-state index is 0.0231. The Kier molecular flexibility index (Phi) is 0.943. The van der Waals surface area contributed by atoms with Crippen molar-refractivity contribution in [3.63, 3.8) is 0 Å². The van der Waals surface area contributed by atoms with Crippen LogP contribution in [0.5, 0.6) is 0 Å². The zero-order valence-electron chi connectivity index (χ0n) is 5.20. The van der Waals surface area contributed by atoms with Gasteiger partial charge in [-0.3, -0.25) is 10.8 Å². The molecule has 2 aliphatic heterocycles. The van der Waals surface area contributed by atoms with Gasteiger partial charge in [-0.2, -0.15) is 5.10 Å². The van der Waals surface area contributed by atoms with Gasteiger partial charge in [-0.1, -0.05) is 6.08 Å². The molecule has 0 aromatic carbocycles. The Morgan fingerprint density at radius 3 is 3.30 bits per heavy atom. The summed E-state index contributed by atoms with van der Waals surface area (Å²) in [6.07, 6.45) is 5.40. The molecule has 2 N–H and O–H groups in total. The molecule has 0 radical (unpaired) electrons. The third-order valence-electron chi connectivity index (χ3n) is 1.48. The van der Waals surface area contributed by atoms with Crippen LogP contribution in [0.4, 0.5) is 0 Å². The van der Waals surface area contributed by atoms with E-state index in [4.69, 9.17) is 5.41 Å². The van der Waals surface area contributed by atoms with Gasteiger partial charge in [-0.05, 0) is 6.08 Å². The predicted octanol–water partition coefficient (Wildman–Crippen LogP) is 0.137. The number of fused-ring (bicyclic) bond motifs is 1. The Labute approximate surface area is 57.9 Å².